The van der Waals surface area contributed by atoms with Crippen LogP contribution in [0, 0.1) is 0 Å². The highest BCUT2D eigenvalue weighted by molar-refractivity contribution is 6.42. The number of halogens is 2. The molecule has 0 radical (unpaired) electrons. The van der Waals surface area contributed by atoms with Crippen molar-refractivity contribution >= 4 is 34.8 Å². The lowest BCUT2D eigenvalue weighted by Gasteiger charge is -2.41. The molecule has 23 heavy (non-hydrogen) atoms. The van der Waals surface area contributed by atoms with Crippen LogP contribution < -0.4 is 11.1 Å². The Labute approximate surface area is 147 Å². The number of hydrogen-bond acceptors (Lipinski definition) is 3. The average Bonchev–Trinajstić information content (AvgIpc) is 3.07. The molecule has 1 heterocycles. The van der Waals surface area contributed by atoms with E-state index in [0.29, 0.717) is 10.0 Å². The van der Waals surface area contributed by atoms with E-state index in [0.717, 1.165) is 57.3 Å². The number of likely N-dealkylation sites (tertiary alicyclic amines) is 1. The van der Waals surface area contributed by atoms with Crippen molar-refractivity contribution in [3.63, 3.8) is 0 Å². The van der Waals surface area contributed by atoms with Crippen molar-refractivity contribution in [2.24, 2.45) is 5.73 Å². The Balaban J connectivity index is 1.85. The fourth-order valence-electron chi connectivity index (χ4n) is 3.60. The van der Waals surface area contributed by atoms with Crippen LogP contribution in [0.4, 0.5) is 5.69 Å². The van der Waals surface area contributed by atoms with E-state index in [1.54, 1.807) is 12.1 Å². The average molecular weight is 356 g/mol. The van der Waals surface area contributed by atoms with Crippen LogP contribution in [0.15, 0.2) is 18.2 Å². The minimum absolute atomic E-state index is 0.185. The number of rotatable bonds is 3. The van der Waals surface area contributed by atoms with Gasteiger partial charge in [-0.3, -0.25) is 4.79 Å². The molecule has 3 N–H and O–H groups in total. The van der Waals surface area contributed by atoms with E-state index in [4.69, 9.17) is 28.9 Å². The summed E-state index contributed by atoms with van der Waals surface area (Å²) in [6.07, 6.45) is 5.40. The van der Waals surface area contributed by atoms with Crippen LogP contribution in [-0.2, 0) is 4.79 Å². The van der Waals surface area contributed by atoms with Gasteiger partial charge >= 0.3 is 0 Å². The normalized spacial score (nSPS) is 28.0. The van der Waals surface area contributed by atoms with Gasteiger partial charge in [0.25, 0.3) is 0 Å². The molecule has 1 aromatic rings. The second-order valence-corrected chi connectivity index (χ2v) is 7.49. The summed E-state index contributed by atoms with van der Waals surface area (Å²) in [4.78, 5) is 15.1. The molecular formula is C17H23Cl2N3O. The predicted octanol–water partition coefficient (Wildman–Crippen LogP) is 3.67. The van der Waals surface area contributed by atoms with Crippen LogP contribution in [0.1, 0.15) is 38.5 Å². The second kappa shape index (κ2) is 6.88. The molecule has 6 heteroatoms. The highest BCUT2D eigenvalue weighted by Crippen LogP contribution is 2.35. The fraction of sp³-hybridized carbons (Fsp3) is 0.588. The first-order valence-corrected chi connectivity index (χ1v) is 9.04. The molecule has 2 aliphatic rings. The molecule has 1 saturated heterocycles. The van der Waals surface area contributed by atoms with Gasteiger partial charge in [0.1, 0.15) is 5.54 Å². The standard InChI is InChI=1S/C17H23Cl2N3O/c18-14-4-3-13(11-15(14)19)21-17(7-5-12(20)6-8-17)16(23)22-9-1-2-10-22/h3-4,11-12,21H,1-2,5-10,20H2. The number of nitrogens with one attached hydrogen (secondary N) is 1. The summed E-state index contributed by atoms with van der Waals surface area (Å²) >= 11 is 12.1. The van der Waals surface area contributed by atoms with Gasteiger partial charge in [-0.05, 0) is 56.7 Å². The molecule has 1 aliphatic heterocycles. The minimum atomic E-state index is -0.572. The Kier molecular flexibility index (Phi) is 5.04. The fourth-order valence-corrected chi connectivity index (χ4v) is 3.90. The molecule has 2 fully saturated rings. The SMILES string of the molecule is NC1CCC(Nc2ccc(Cl)c(Cl)c2)(C(=O)N2CCCC2)CC1. The van der Waals surface area contributed by atoms with Gasteiger partial charge < -0.3 is 16.0 Å². The lowest BCUT2D eigenvalue weighted by molar-refractivity contribution is -0.136. The zero-order valence-electron chi connectivity index (χ0n) is 13.2. The van der Waals surface area contributed by atoms with E-state index in [9.17, 15) is 4.79 Å². The molecular weight excluding hydrogens is 333 g/mol. The Bertz CT molecular complexity index is 579. The third kappa shape index (κ3) is 3.59. The first-order valence-electron chi connectivity index (χ1n) is 8.28. The van der Waals surface area contributed by atoms with Crippen molar-refractivity contribution in [3.05, 3.63) is 28.2 Å². The van der Waals surface area contributed by atoms with E-state index >= 15 is 0 Å². The number of nitrogens with zero attached hydrogens (tertiary/aromatic N) is 1. The Hall–Kier alpha value is -0.970. The number of anilines is 1. The van der Waals surface area contributed by atoms with Crippen molar-refractivity contribution in [1.29, 1.82) is 0 Å². The third-order valence-electron chi connectivity index (χ3n) is 4.99. The van der Waals surface area contributed by atoms with E-state index < -0.39 is 5.54 Å². The molecule has 0 unspecified atom stereocenters. The summed E-state index contributed by atoms with van der Waals surface area (Å²) in [7, 11) is 0. The van der Waals surface area contributed by atoms with Gasteiger partial charge in [-0.1, -0.05) is 23.2 Å². The topological polar surface area (TPSA) is 58.4 Å². The minimum Gasteiger partial charge on any atom is -0.371 e. The molecule has 3 rings (SSSR count). The number of hydrogen-bond donors (Lipinski definition) is 2. The van der Waals surface area contributed by atoms with Gasteiger partial charge in [0.05, 0.1) is 10.0 Å². The van der Waals surface area contributed by atoms with Crippen molar-refractivity contribution in [2.75, 3.05) is 18.4 Å². The van der Waals surface area contributed by atoms with Crippen LogP contribution in [-0.4, -0.2) is 35.5 Å². The number of amides is 1. The molecule has 0 spiro atoms. The summed E-state index contributed by atoms with van der Waals surface area (Å²) in [5.74, 6) is 0.202. The maximum atomic E-state index is 13.1. The van der Waals surface area contributed by atoms with Crippen LogP contribution in [0.2, 0.25) is 10.0 Å². The quantitative estimate of drug-likeness (QED) is 0.869. The summed E-state index contributed by atoms with van der Waals surface area (Å²) in [6.45, 7) is 1.71. The monoisotopic (exact) mass is 355 g/mol. The third-order valence-corrected chi connectivity index (χ3v) is 5.73. The van der Waals surface area contributed by atoms with E-state index in [2.05, 4.69) is 5.32 Å². The van der Waals surface area contributed by atoms with Crippen molar-refractivity contribution in [1.82, 2.24) is 4.90 Å². The Morgan fingerprint density at radius 2 is 1.83 bits per heavy atom. The molecule has 1 saturated carbocycles. The lowest BCUT2D eigenvalue weighted by Crippen LogP contribution is -2.56. The molecule has 4 nitrogen and oxygen atoms in total. The highest BCUT2D eigenvalue weighted by Gasteiger charge is 2.44. The van der Waals surface area contributed by atoms with Crippen molar-refractivity contribution in [3.8, 4) is 0 Å². The molecule has 0 aromatic heterocycles. The maximum Gasteiger partial charge on any atom is 0.248 e. The predicted molar refractivity (Wildman–Crippen MR) is 95.1 cm³/mol. The van der Waals surface area contributed by atoms with Gasteiger partial charge in [-0.2, -0.15) is 0 Å². The van der Waals surface area contributed by atoms with Gasteiger partial charge in [0.15, 0.2) is 0 Å². The van der Waals surface area contributed by atoms with Crippen LogP contribution >= 0.6 is 23.2 Å². The summed E-state index contributed by atoms with van der Waals surface area (Å²) < 4.78 is 0. The number of benzene rings is 1. The maximum absolute atomic E-state index is 13.1. The summed E-state index contributed by atoms with van der Waals surface area (Å²) in [6, 6.07) is 5.61. The van der Waals surface area contributed by atoms with Gasteiger partial charge in [-0.25, -0.2) is 0 Å². The van der Waals surface area contributed by atoms with Gasteiger partial charge in [0, 0.05) is 24.8 Å². The molecule has 1 aromatic carbocycles. The Morgan fingerprint density at radius 3 is 2.43 bits per heavy atom. The smallest absolute Gasteiger partial charge is 0.248 e. The van der Waals surface area contributed by atoms with Gasteiger partial charge in [0.2, 0.25) is 5.91 Å². The summed E-state index contributed by atoms with van der Waals surface area (Å²) in [5.41, 5.74) is 6.32. The van der Waals surface area contributed by atoms with Gasteiger partial charge in [-0.15, -0.1) is 0 Å². The zero-order chi connectivity index (χ0) is 16.4. The molecule has 0 bridgehead atoms. The van der Waals surface area contributed by atoms with Crippen LogP contribution in [0.3, 0.4) is 0 Å². The van der Waals surface area contributed by atoms with E-state index in [1.807, 2.05) is 11.0 Å². The lowest BCUT2D eigenvalue weighted by atomic mass is 9.78. The number of carbonyl (C=O) groups is 1. The van der Waals surface area contributed by atoms with Crippen molar-refractivity contribution in [2.45, 2.75) is 50.1 Å². The van der Waals surface area contributed by atoms with E-state index in [-0.39, 0.29) is 11.9 Å². The number of nitrogens with two attached hydrogens (primary N) is 1. The molecule has 1 amide bonds. The van der Waals surface area contributed by atoms with Crippen LogP contribution in [0.25, 0.3) is 0 Å². The largest absolute Gasteiger partial charge is 0.371 e. The Morgan fingerprint density at radius 1 is 1.17 bits per heavy atom. The first kappa shape index (κ1) is 16.9. The zero-order valence-corrected chi connectivity index (χ0v) is 14.7. The number of carbonyl (C=O) groups excluding carboxylic acids is 1. The molecule has 0 atom stereocenters. The highest BCUT2D eigenvalue weighted by atomic mass is 35.5. The summed E-state index contributed by atoms with van der Waals surface area (Å²) in [5, 5.41) is 4.48. The molecule has 126 valence electrons. The molecule has 1 aliphatic carbocycles. The van der Waals surface area contributed by atoms with Crippen LogP contribution in [0.5, 0.6) is 0 Å². The van der Waals surface area contributed by atoms with Crippen molar-refractivity contribution < 1.29 is 4.79 Å². The van der Waals surface area contributed by atoms with E-state index in [1.165, 1.54) is 0 Å². The second-order valence-electron chi connectivity index (χ2n) is 6.67. The first-order chi connectivity index (χ1) is 11.0.